The Bertz CT molecular complexity index is 1350. The molecule has 174 valence electrons. The van der Waals surface area contributed by atoms with Gasteiger partial charge in [0.25, 0.3) is 0 Å². The normalized spacial score (nSPS) is 21.9. The zero-order chi connectivity index (χ0) is 23.3. The second kappa shape index (κ2) is 8.03. The number of hydrogen-bond acceptors (Lipinski definition) is 8. The Morgan fingerprint density at radius 3 is 2.79 bits per heavy atom. The van der Waals surface area contributed by atoms with Gasteiger partial charge in [0.05, 0.1) is 24.0 Å². The van der Waals surface area contributed by atoms with Crippen LogP contribution in [0.3, 0.4) is 0 Å². The summed E-state index contributed by atoms with van der Waals surface area (Å²) < 4.78 is 14.3. The van der Waals surface area contributed by atoms with Gasteiger partial charge in [-0.2, -0.15) is 10.2 Å². The van der Waals surface area contributed by atoms with E-state index < -0.39 is 0 Å². The van der Waals surface area contributed by atoms with Crippen LogP contribution in [0.2, 0.25) is 0 Å². The topological polar surface area (TPSA) is 89.7 Å². The van der Waals surface area contributed by atoms with Gasteiger partial charge in [0.15, 0.2) is 11.6 Å². The van der Waals surface area contributed by atoms with Crippen LogP contribution in [0, 0.1) is 13.8 Å². The number of nitrogens with one attached hydrogen (secondary N) is 1. The number of ether oxygens (including phenoxy) is 2. The van der Waals surface area contributed by atoms with Gasteiger partial charge in [-0.3, -0.25) is 9.88 Å². The monoisotopic (exact) mass is 457 g/mol. The predicted octanol–water partition coefficient (Wildman–Crippen LogP) is 3.40. The second-order valence-corrected chi connectivity index (χ2v) is 9.38. The number of likely N-dealkylation sites (tertiary alicyclic amines) is 1. The molecule has 2 aliphatic rings. The highest BCUT2D eigenvalue weighted by molar-refractivity contribution is 5.75. The quantitative estimate of drug-likeness (QED) is 0.471. The van der Waals surface area contributed by atoms with Gasteiger partial charge in [-0.15, -0.1) is 5.10 Å². The fraction of sp³-hybridized carbons (Fsp3) is 0.360. The van der Waals surface area contributed by atoms with Crippen molar-refractivity contribution < 1.29 is 9.47 Å². The van der Waals surface area contributed by atoms with E-state index in [0.717, 1.165) is 53.4 Å². The Balaban J connectivity index is 1.27. The molecule has 9 nitrogen and oxygen atoms in total. The van der Waals surface area contributed by atoms with Gasteiger partial charge < -0.3 is 14.8 Å². The third-order valence-electron chi connectivity index (χ3n) is 6.67. The Morgan fingerprint density at radius 1 is 1.12 bits per heavy atom. The molecule has 2 fully saturated rings. The van der Waals surface area contributed by atoms with E-state index in [4.69, 9.17) is 9.47 Å². The highest BCUT2D eigenvalue weighted by Crippen LogP contribution is 2.38. The third-order valence-corrected chi connectivity index (χ3v) is 6.67. The van der Waals surface area contributed by atoms with Crippen LogP contribution < -0.4 is 10.1 Å². The molecule has 6 rings (SSSR count). The first-order valence-corrected chi connectivity index (χ1v) is 11.5. The number of fused-ring (bicyclic) bond motifs is 3. The van der Waals surface area contributed by atoms with Crippen LogP contribution in [0.25, 0.3) is 16.6 Å². The summed E-state index contributed by atoms with van der Waals surface area (Å²) in [6, 6.07) is 12.5. The lowest BCUT2D eigenvalue weighted by Gasteiger charge is -2.30. The van der Waals surface area contributed by atoms with Crippen LogP contribution in [-0.2, 0) is 4.74 Å². The molecule has 2 atom stereocenters. The van der Waals surface area contributed by atoms with Gasteiger partial charge in [0.2, 0.25) is 0 Å². The number of nitrogens with zero attached hydrogens (tertiary/aromatic N) is 6. The minimum Gasteiger partial charge on any atom is -0.488 e. The summed E-state index contributed by atoms with van der Waals surface area (Å²) in [7, 11) is 2.16. The summed E-state index contributed by atoms with van der Waals surface area (Å²) in [6.07, 6.45) is 4.78. The van der Waals surface area contributed by atoms with Crippen molar-refractivity contribution in [2.75, 3.05) is 32.1 Å². The molecule has 4 aromatic rings. The summed E-state index contributed by atoms with van der Waals surface area (Å²) in [6.45, 7) is 6.10. The molecule has 4 aromatic heterocycles. The zero-order valence-electron chi connectivity index (χ0n) is 19.5. The number of aromatic nitrogens is 5. The van der Waals surface area contributed by atoms with Crippen LogP contribution >= 0.6 is 0 Å². The first-order chi connectivity index (χ1) is 16.5. The number of aryl methyl sites for hydroxylation is 2. The van der Waals surface area contributed by atoms with Crippen molar-refractivity contribution in [1.29, 1.82) is 0 Å². The number of hydrogen-bond donors (Lipinski definition) is 1. The van der Waals surface area contributed by atoms with Crippen LogP contribution in [0.15, 0.2) is 48.8 Å². The van der Waals surface area contributed by atoms with Gasteiger partial charge in [-0.1, -0.05) is 0 Å². The lowest BCUT2D eigenvalue weighted by Crippen LogP contribution is -2.44. The molecule has 0 spiro atoms. The summed E-state index contributed by atoms with van der Waals surface area (Å²) in [5.41, 5.74) is 4.59. The van der Waals surface area contributed by atoms with Crippen LogP contribution in [-0.4, -0.2) is 68.1 Å². The molecule has 6 heterocycles. The Labute approximate surface area is 197 Å². The molecule has 2 saturated heterocycles. The molecule has 34 heavy (non-hydrogen) atoms. The maximum absolute atomic E-state index is 6.34. The van der Waals surface area contributed by atoms with Crippen molar-refractivity contribution in [2.45, 2.75) is 31.9 Å². The van der Waals surface area contributed by atoms with Crippen LogP contribution in [0.1, 0.15) is 17.8 Å². The number of pyridine rings is 2. The largest absolute Gasteiger partial charge is 0.488 e. The van der Waals surface area contributed by atoms with E-state index in [1.54, 1.807) is 0 Å². The second-order valence-electron chi connectivity index (χ2n) is 9.38. The highest BCUT2D eigenvalue weighted by atomic mass is 16.6. The summed E-state index contributed by atoms with van der Waals surface area (Å²) >= 11 is 0. The van der Waals surface area contributed by atoms with E-state index in [9.17, 15) is 0 Å². The SMILES string of the molecule is Cc1cc(-c2ccn3nc(Nc4ccc(C)nn4)cc3c2)c(OC[C@]23C[C@H](CO2)N(C)C3)cn1. The average molecular weight is 458 g/mol. The highest BCUT2D eigenvalue weighted by Gasteiger charge is 2.50. The van der Waals surface area contributed by atoms with Crippen molar-refractivity contribution >= 4 is 17.2 Å². The van der Waals surface area contributed by atoms with E-state index in [1.807, 2.05) is 55.0 Å². The smallest absolute Gasteiger partial charge is 0.154 e. The van der Waals surface area contributed by atoms with Gasteiger partial charge in [0, 0.05) is 36.1 Å². The first-order valence-electron chi connectivity index (χ1n) is 11.5. The minimum atomic E-state index is -0.226. The fourth-order valence-corrected chi connectivity index (χ4v) is 4.86. The van der Waals surface area contributed by atoms with E-state index >= 15 is 0 Å². The molecule has 2 aliphatic heterocycles. The number of likely N-dealkylation sites (N-methyl/N-ethyl adjacent to an activating group) is 1. The molecule has 2 bridgehead atoms. The molecule has 0 amide bonds. The molecular weight excluding hydrogens is 430 g/mol. The number of anilines is 2. The van der Waals surface area contributed by atoms with Crippen molar-refractivity contribution in [3.63, 3.8) is 0 Å². The van der Waals surface area contributed by atoms with Crippen molar-refractivity contribution in [3.05, 3.63) is 60.2 Å². The molecule has 9 heteroatoms. The Hall–Kier alpha value is -3.56. The molecule has 0 aromatic carbocycles. The molecular formula is C25H27N7O2. The summed E-state index contributed by atoms with van der Waals surface area (Å²) in [5.74, 6) is 2.12. The Morgan fingerprint density at radius 2 is 2.03 bits per heavy atom. The van der Waals surface area contributed by atoms with Crippen molar-refractivity contribution in [3.8, 4) is 16.9 Å². The van der Waals surface area contributed by atoms with Gasteiger partial charge in [-0.05, 0) is 63.2 Å². The average Bonchev–Trinajstić information content (AvgIpc) is 3.51. The predicted molar refractivity (Wildman–Crippen MR) is 128 cm³/mol. The van der Waals surface area contributed by atoms with Gasteiger partial charge >= 0.3 is 0 Å². The van der Waals surface area contributed by atoms with Crippen molar-refractivity contribution in [1.82, 2.24) is 29.7 Å². The van der Waals surface area contributed by atoms with E-state index in [2.05, 4.69) is 49.7 Å². The lowest BCUT2D eigenvalue weighted by molar-refractivity contribution is -0.0624. The van der Waals surface area contributed by atoms with Crippen LogP contribution in [0.5, 0.6) is 5.75 Å². The van der Waals surface area contributed by atoms with Crippen molar-refractivity contribution in [2.24, 2.45) is 0 Å². The summed E-state index contributed by atoms with van der Waals surface area (Å²) in [4.78, 5) is 6.85. The van der Waals surface area contributed by atoms with Gasteiger partial charge in [-0.25, -0.2) is 4.52 Å². The number of morpholine rings is 1. The maximum Gasteiger partial charge on any atom is 0.154 e. The van der Waals surface area contributed by atoms with Gasteiger partial charge in [0.1, 0.15) is 18.0 Å². The first kappa shape index (κ1) is 21.0. The van der Waals surface area contributed by atoms with Crippen LogP contribution in [0.4, 0.5) is 11.6 Å². The fourth-order valence-electron chi connectivity index (χ4n) is 4.86. The molecule has 0 unspecified atom stereocenters. The molecule has 0 saturated carbocycles. The minimum absolute atomic E-state index is 0.226. The third kappa shape index (κ3) is 3.86. The molecule has 1 N–H and O–H groups in total. The lowest BCUT2D eigenvalue weighted by atomic mass is 10.0. The number of rotatable bonds is 6. The maximum atomic E-state index is 6.34. The zero-order valence-corrected chi connectivity index (χ0v) is 19.5. The molecule has 0 radical (unpaired) electrons. The van der Waals surface area contributed by atoms with E-state index in [1.165, 1.54) is 0 Å². The van der Waals surface area contributed by atoms with E-state index in [-0.39, 0.29) is 5.60 Å². The van der Waals surface area contributed by atoms with E-state index in [0.29, 0.717) is 24.3 Å². The Kier molecular flexibility index (Phi) is 4.96. The summed E-state index contributed by atoms with van der Waals surface area (Å²) in [5, 5.41) is 16.1. The molecule has 0 aliphatic carbocycles. The standard InChI is InChI=1S/C25H27N7O2/c1-16-4-5-23(29-28-16)27-24-10-19-9-18(6-7-32(19)30-24)21-8-17(2)26-12-22(21)33-15-25-11-20(13-34-25)31(3)14-25/h4-10,12,20H,11,13-15H2,1-3H3,(H,27,29,30)/t20-,25-/m1/s1.